The minimum absolute atomic E-state index is 0.423. The van der Waals surface area contributed by atoms with Crippen LogP contribution in [0.15, 0.2) is 60.7 Å². The smallest absolute Gasteiger partial charge is 0.269 e. The van der Waals surface area contributed by atoms with Gasteiger partial charge in [-0.2, -0.15) is 0 Å². The first kappa shape index (κ1) is 15.4. The Morgan fingerprint density at radius 3 is 1.95 bits per heavy atom. The second kappa shape index (κ2) is 7.11. The summed E-state index contributed by atoms with van der Waals surface area (Å²) in [5.41, 5.74) is 3.40. The summed E-state index contributed by atoms with van der Waals surface area (Å²) in [6, 6.07) is 17.1. The van der Waals surface area contributed by atoms with Gasteiger partial charge in [-0.25, -0.2) is 5.01 Å². The Hall–Kier alpha value is -2.04. The molecule has 6 heteroatoms. The third-order valence-electron chi connectivity index (χ3n) is 2.67. The largest absolute Gasteiger partial charge is 0.278 e. The summed E-state index contributed by atoms with van der Waals surface area (Å²) in [6.45, 7) is 0. The van der Waals surface area contributed by atoms with Crippen molar-refractivity contribution in [3.63, 3.8) is 0 Å². The normalized spacial score (nSPS) is 10.2. The molecule has 4 nitrogen and oxygen atoms in total. The molecule has 108 valence electrons. The number of amides is 2. The summed E-state index contributed by atoms with van der Waals surface area (Å²) < 4.78 is 0. The molecule has 0 saturated carbocycles. The van der Waals surface area contributed by atoms with Crippen molar-refractivity contribution in [2.24, 2.45) is 0 Å². The highest BCUT2D eigenvalue weighted by atomic mass is 35.5. The number of rotatable bonds is 3. The van der Waals surface area contributed by atoms with E-state index in [2.05, 4.69) is 5.43 Å². The molecule has 0 aliphatic heterocycles. The summed E-state index contributed by atoms with van der Waals surface area (Å²) in [4.78, 5) is 22.9. The van der Waals surface area contributed by atoms with Crippen LogP contribution in [-0.4, -0.2) is 16.7 Å². The molecule has 0 atom stereocenters. The van der Waals surface area contributed by atoms with Crippen LogP contribution in [0.5, 0.6) is 0 Å². The second-order valence-corrected chi connectivity index (χ2v) is 5.21. The Morgan fingerprint density at radius 2 is 1.43 bits per heavy atom. The highest BCUT2D eigenvalue weighted by molar-refractivity contribution is 6.54. The van der Waals surface area contributed by atoms with Gasteiger partial charge in [0, 0.05) is 5.56 Å². The molecule has 0 radical (unpaired) electrons. The molecule has 1 N–H and O–H groups in total. The van der Waals surface area contributed by atoms with Crippen LogP contribution in [0.4, 0.5) is 5.69 Å². The van der Waals surface area contributed by atoms with E-state index in [0.717, 1.165) is 5.01 Å². The molecule has 2 aromatic rings. The molecular weight excluding hydrogens is 311 g/mol. The van der Waals surface area contributed by atoms with E-state index in [0.29, 0.717) is 11.3 Å². The molecule has 0 unspecified atom stereocenters. The highest BCUT2D eigenvalue weighted by Gasteiger charge is 2.24. The topological polar surface area (TPSA) is 49.4 Å². The fourth-order valence-corrected chi connectivity index (χ4v) is 1.87. The minimum atomic E-state index is -1.28. The van der Waals surface area contributed by atoms with Gasteiger partial charge in [0.2, 0.25) is 0 Å². The number of nitrogens with zero attached hydrogens (tertiary/aromatic N) is 1. The van der Waals surface area contributed by atoms with Gasteiger partial charge in [0.05, 0.1) is 5.69 Å². The summed E-state index contributed by atoms with van der Waals surface area (Å²) in [6.07, 6.45) is 0. The van der Waals surface area contributed by atoms with Gasteiger partial charge in [-0.15, -0.1) is 0 Å². The molecule has 0 fully saturated rings. The van der Waals surface area contributed by atoms with E-state index >= 15 is 0 Å². The van der Waals surface area contributed by atoms with Crippen molar-refractivity contribution in [2.45, 2.75) is 4.84 Å². The SMILES string of the molecule is O=C(NN(C(=O)C(Cl)Cl)c1ccccc1)c1ccccc1. The number of hydrogen-bond acceptors (Lipinski definition) is 2. The van der Waals surface area contributed by atoms with Crippen LogP contribution in [0, 0.1) is 0 Å². The van der Waals surface area contributed by atoms with Crippen molar-refractivity contribution in [2.75, 3.05) is 5.01 Å². The molecule has 21 heavy (non-hydrogen) atoms. The lowest BCUT2D eigenvalue weighted by atomic mass is 10.2. The molecule has 0 aliphatic carbocycles. The van der Waals surface area contributed by atoms with Crippen LogP contribution < -0.4 is 10.4 Å². The van der Waals surface area contributed by atoms with Gasteiger partial charge in [-0.05, 0) is 24.3 Å². The zero-order chi connectivity index (χ0) is 15.2. The molecule has 0 bridgehead atoms. The Bertz CT molecular complexity index is 618. The minimum Gasteiger partial charge on any atom is -0.269 e. The first-order valence-electron chi connectivity index (χ1n) is 6.13. The number of benzene rings is 2. The standard InChI is InChI=1S/C15H12Cl2N2O2/c16-13(17)15(21)19(12-9-5-2-6-10-12)18-14(20)11-7-3-1-4-8-11/h1-10,13H,(H,18,20). The molecule has 2 amide bonds. The lowest BCUT2D eigenvalue weighted by Gasteiger charge is -2.23. The second-order valence-electron chi connectivity index (χ2n) is 4.12. The number of carbonyl (C=O) groups is 2. The number of alkyl halides is 2. The Labute approximate surface area is 132 Å². The van der Waals surface area contributed by atoms with Gasteiger partial charge in [0.15, 0.2) is 4.84 Å². The molecule has 2 aromatic carbocycles. The number of halogens is 2. The lowest BCUT2D eigenvalue weighted by Crippen LogP contribution is -2.48. The van der Waals surface area contributed by atoms with E-state index in [1.54, 1.807) is 60.7 Å². The molecule has 0 saturated heterocycles. The molecule has 0 aromatic heterocycles. The Balaban J connectivity index is 2.25. The number of anilines is 1. The molecule has 0 heterocycles. The Morgan fingerprint density at radius 1 is 0.905 bits per heavy atom. The first-order chi connectivity index (χ1) is 10.1. The van der Waals surface area contributed by atoms with E-state index in [1.807, 2.05) is 0 Å². The van der Waals surface area contributed by atoms with Gasteiger partial charge in [0.1, 0.15) is 0 Å². The van der Waals surface area contributed by atoms with Crippen LogP contribution in [0.25, 0.3) is 0 Å². The van der Waals surface area contributed by atoms with Gasteiger partial charge in [0.25, 0.3) is 11.8 Å². The van der Waals surface area contributed by atoms with Gasteiger partial charge < -0.3 is 0 Å². The highest BCUT2D eigenvalue weighted by Crippen LogP contribution is 2.16. The summed E-state index contributed by atoms with van der Waals surface area (Å²) in [5.74, 6) is -1.06. The summed E-state index contributed by atoms with van der Waals surface area (Å²) >= 11 is 11.3. The number of hydrazine groups is 1. The third kappa shape index (κ3) is 3.97. The number of hydrogen-bond donors (Lipinski definition) is 1. The summed E-state index contributed by atoms with van der Waals surface area (Å²) in [5, 5.41) is 1.04. The summed E-state index contributed by atoms with van der Waals surface area (Å²) in [7, 11) is 0. The van der Waals surface area contributed by atoms with Crippen LogP contribution in [-0.2, 0) is 4.79 Å². The maximum absolute atomic E-state index is 12.2. The number of para-hydroxylation sites is 1. The van der Waals surface area contributed by atoms with Crippen molar-refractivity contribution >= 4 is 40.7 Å². The fourth-order valence-electron chi connectivity index (χ4n) is 1.68. The average Bonchev–Trinajstić information content (AvgIpc) is 2.53. The van der Waals surface area contributed by atoms with E-state index in [9.17, 15) is 9.59 Å². The van der Waals surface area contributed by atoms with Crippen molar-refractivity contribution < 1.29 is 9.59 Å². The van der Waals surface area contributed by atoms with Gasteiger partial charge >= 0.3 is 0 Å². The van der Waals surface area contributed by atoms with Gasteiger partial charge in [-0.1, -0.05) is 59.6 Å². The zero-order valence-electron chi connectivity index (χ0n) is 10.9. The van der Waals surface area contributed by atoms with Crippen LogP contribution >= 0.6 is 23.2 Å². The first-order valence-corrected chi connectivity index (χ1v) is 7.00. The maximum atomic E-state index is 12.2. The predicted octanol–water partition coefficient (Wildman–Crippen LogP) is 3.17. The molecular formula is C15H12Cl2N2O2. The van der Waals surface area contributed by atoms with Crippen LogP contribution in [0.3, 0.4) is 0 Å². The maximum Gasteiger partial charge on any atom is 0.278 e. The van der Waals surface area contributed by atoms with E-state index < -0.39 is 16.7 Å². The molecule has 0 spiro atoms. The predicted molar refractivity (Wildman–Crippen MR) is 83.3 cm³/mol. The fraction of sp³-hybridized carbons (Fsp3) is 0.0667. The zero-order valence-corrected chi connectivity index (χ0v) is 12.4. The van der Waals surface area contributed by atoms with Crippen LogP contribution in [0.2, 0.25) is 0 Å². The lowest BCUT2D eigenvalue weighted by molar-refractivity contribution is -0.117. The van der Waals surface area contributed by atoms with Gasteiger partial charge in [-0.3, -0.25) is 15.0 Å². The van der Waals surface area contributed by atoms with Crippen molar-refractivity contribution in [3.05, 3.63) is 66.2 Å². The Kier molecular flexibility index (Phi) is 5.20. The van der Waals surface area contributed by atoms with E-state index in [-0.39, 0.29) is 0 Å². The van der Waals surface area contributed by atoms with Crippen molar-refractivity contribution in [3.8, 4) is 0 Å². The quantitative estimate of drug-likeness (QED) is 0.697. The van der Waals surface area contributed by atoms with E-state index in [4.69, 9.17) is 23.2 Å². The van der Waals surface area contributed by atoms with Crippen molar-refractivity contribution in [1.29, 1.82) is 0 Å². The van der Waals surface area contributed by atoms with Crippen LogP contribution in [0.1, 0.15) is 10.4 Å². The molecule has 0 aliphatic rings. The average molecular weight is 323 g/mol. The van der Waals surface area contributed by atoms with E-state index in [1.165, 1.54) is 0 Å². The monoisotopic (exact) mass is 322 g/mol. The number of nitrogens with one attached hydrogen (secondary N) is 1. The molecule has 2 rings (SSSR count). The third-order valence-corrected chi connectivity index (χ3v) is 3.04. The van der Waals surface area contributed by atoms with Crippen molar-refractivity contribution in [1.82, 2.24) is 5.43 Å². The number of carbonyl (C=O) groups excluding carboxylic acids is 2.